The highest BCUT2D eigenvalue weighted by Gasteiger charge is 2.49. The first kappa shape index (κ1) is 23.9. The van der Waals surface area contributed by atoms with E-state index in [2.05, 4.69) is 29.6 Å². The highest BCUT2D eigenvalue weighted by Crippen LogP contribution is 2.45. The Balaban J connectivity index is 1.47. The second kappa shape index (κ2) is 8.68. The van der Waals surface area contributed by atoms with Gasteiger partial charge in [-0.2, -0.15) is 18.1 Å². The quantitative estimate of drug-likeness (QED) is 0.600. The number of nitrogens with zero attached hydrogens (tertiary/aromatic N) is 5. The fourth-order valence-corrected chi connectivity index (χ4v) is 7.94. The van der Waals surface area contributed by atoms with Crippen LogP contribution >= 0.6 is 11.6 Å². The Kier molecular flexibility index (Phi) is 6.10. The van der Waals surface area contributed by atoms with Crippen LogP contribution in [0.4, 0.5) is 20.5 Å². The minimum absolute atomic E-state index is 0.00464. The average Bonchev–Trinajstić information content (AvgIpc) is 3.00. The molecule has 0 amide bonds. The van der Waals surface area contributed by atoms with Gasteiger partial charge in [0, 0.05) is 29.8 Å². The Hall–Kier alpha value is -1.83. The van der Waals surface area contributed by atoms with Gasteiger partial charge < -0.3 is 10.4 Å². The van der Waals surface area contributed by atoms with Crippen molar-refractivity contribution in [1.82, 2.24) is 19.9 Å². The molecule has 5 rings (SSSR count). The molecular formula is C20H23ClF2N6O3S2. The lowest BCUT2D eigenvalue weighted by atomic mass is 9.77. The average molecular weight is 533 g/mol. The lowest BCUT2D eigenvalue weighted by Crippen LogP contribution is -2.48. The van der Waals surface area contributed by atoms with Crippen LogP contribution in [0.1, 0.15) is 49.5 Å². The molecule has 2 aromatic heterocycles. The molecule has 1 saturated heterocycles. The summed E-state index contributed by atoms with van der Waals surface area (Å²) < 4.78 is 59.4. The SMILES string of the molecule is O=[S@@]1CC(F)(F)c2nc(N=S3(=O)CCC(c4ncc(Cl)cn4)CC3)nc(NC3(CO)CCC3)c21. The largest absolute Gasteiger partial charge is 0.394 e. The molecular weight excluding hydrogens is 510 g/mol. The van der Waals surface area contributed by atoms with E-state index in [4.69, 9.17) is 11.6 Å². The van der Waals surface area contributed by atoms with E-state index in [0.717, 1.165) is 6.42 Å². The van der Waals surface area contributed by atoms with Crippen LogP contribution in [0.2, 0.25) is 5.02 Å². The van der Waals surface area contributed by atoms with Crippen LogP contribution in [-0.2, 0) is 26.5 Å². The normalized spacial score (nSPS) is 29.2. The van der Waals surface area contributed by atoms with Gasteiger partial charge in [0.1, 0.15) is 22.2 Å². The van der Waals surface area contributed by atoms with Crippen molar-refractivity contribution < 1.29 is 22.3 Å². The molecule has 2 fully saturated rings. The number of aliphatic hydroxyl groups excluding tert-OH is 1. The summed E-state index contributed by atoms with van der Waals surface area (Å²) in [7, 11) is -4.80. The summed E-state index contributed by atoms with van der Waals surface area (Å²) >= 11 is 5.84. The number of hydrogen-bond donors (Lipinski definition) is 2. The molecule has 0 bridgehead atoms. The van der Waals surface area contributed by atoms with E-state index >= 15 is 0 Å². The molecule has 0 unspecified atom stereocenters. The van der Waals surface area contributed by atoms with Gasteiger partial charge in [0.15, 0.2) is 0 Å². The molecule has 1 aliphatic carbocycles. The molecule has 184 valence electrons. The summed E-state index contributed by atoms with van der Waals surface area (Å²) in [6.45, 7) is -0.216. The van der Waals surface area contributed by atoms with E-state index in [1.165, 1.54) is 12.4 Å². The minimum Gasteiger partial charge on any atom is -0.394 e. The number of halogens is 3. The number of aromatic nitrogens is 4. The molecule has 14 heteroatoms. The zero-order valence-electron chi connectivity index (χ0n) is 18.0. The van der Waals surface area contributed by atoms with E-state index in [0.29, 0.717) is 36.5 Å². The smallest absolute Gasteiger partial charge is 0.302 e. The van der Waals surface area contributed by atoms with Crippen molar-refractivity contribution in [3.05, 3.63) is 28.9 Å². The third-order valence-corrected chi connectivity index (χ3v) is 10.5. The lowest BCUT2D eigenvalue weighted by molar-refractivity contribution is 0.0192. The standard InChI is InChI=1S/C20H23ClF2N6O3S2/c21-13-8-24-16(25-9-13)12-2-6-34(32,7-3-12)29-18-26-15-14(33(31)11-20(15,22)23)17(27-18)28-19(10-30)4-1-5-19/h8-9,12,30H,1-7,10-11H2,(H,26,27,28)/t12?,33-,34?/m1/s1. The fraction of sp³-hybridized carbons (Fsp3) is 0.600. The van der Waals surface area contributed by atoms with E-state index in [1.54, 1.807) is 0 Å². The molecule has 34 heavy (non-hydrogen) atoms. The number of alkyl halides is 2. The Bertz CT molecular complexity index is 1250. The molecule has 0 aromatic carbocycles. The topological polar surface area (TPSA) is 130 Å². The third kappa shape index (κ3) is 4.42. The number of rotatable bonds is 5. The Morgan fingerprint density at radius 2 is 1.91 bits per heavy atom. The third-order valence-electron chi connectivity index (χ3n) is 6.56. The molecule has 2 N–H and O–H groups in total. The Morgan fingerprint density at radius 1 is 1.24 bits per heavy atom. The highest BCUT2D eigenvalue weighted by molar-refractivity contribution is 7.93. The number of aliphatic hydroxyl groups is 1. The molecule has 4 heterocycles. The summed E-state index contributed by atoms with van der Waals surface area (Å²) in [6, 6.07) is 0. The van der Waals surface area contributed by atoms with Gasteiger partial charge in [0.05, 0.1) is 43.4 Å². The Labute approximate surface area is 202 Å². The molecule has 2 aliphatic heterocycles. The van der Waals surface area contributed by atoms with Crippen molar-refractivity contribution in [2.45, 2.75) is 54.4 Å². The van der Waals surface area contributed by atoms with Crippen molar-refractivity contribution in [2.24, 2.45) is 4.36 Å². The molecule has 1 saturated carbocycles. The van der Waals surface area contributed by atoms with Gasteiger partial charge in [-0.15, -0.1) is 0 Å². The summed E-state index contributed by atoms with van der Waals surface area (Å²) in [4.78, 5) is 16.5. The van der Waals surface area contributed by atoms with Crippen molar-refractivity contribution >= 4 is 43.9 Å². The van der Waals surface area contributed by atoms with E-state index in [-0.39, 0.29) is 40.7 Å². The van der Waals surface area contributed by atoms with E-state index in [1.807, 2.05) is 0 Å². The monoisotopic (exact) mass is 532 g/mol. The maximum Gasteiger partial charge on any atom is 0.302 e. The fourth-order valence-electron chi connectivity index (χ4n) is 4.44. The zero-order valence-corrected chi connectivity index (χ0v) is 20.4. The van der Waals surface area contributed by atoms with Crippen LogP contribution in [0.5, 0.6) is 0 Å². The first-order valence-corrected chi connectivity index (χ1v) is 14.4. The van der Waals surface area contributed by atoms with Crippen molar-refractivity contribution in [1.29, 1.82) is 0 Å². The number of hydrogen-bond acceptors (Lipinski definition) is 9. The molecule has 1 atom stereocenters. The zero-order chi connectivity index (χ0) is 24.1. The van der Waals surface area contributed by atoms with Crippen LogP contribution < -0.4 is 5.32 Å². The van der Waals surface area contributed by atoms with Gasteiger partial charge >= 0.3 is 5.92 Å². The van der Waals surface area contributed by atoms with Crippen molar-refractivity contribution in [2.75, 3.05) is 29.2 Å². The first-order valence-electron chi connectivity index (χ1n) is 10.9. The summed E-state index contributed by atoms with van der Waals surface area (Å²) in [5.41, 5.74) is -1.36. The second-order valence-corrected chi connectivity index (χ2v) is 13.3. The van der Waals surface area contributed by atoms with Crippen LogP contribution in [0, 0.1) is 0 Å². The van der Waals surface area contributed by atoms with Crippen molar-refractivity contribution in [3.8, 4) is 0 Å². The van der Waals surface area contributed by atoms with Gasteiger partial charge in [0.2, 0.25) is 0 Å². The second-order valence-electron chi connectivity index (χ2n) is 8.97. The van der Waals surface area contributed by atoms with Crippen molar-refractivity contribution in [3.63, 3.8) is 0 Å². The summed E-state index contributed by atoms with van der Waals surface area (Å²) in [5.74, 6) is -3.61. The molecule has 2 aromatic rings. The number of nitrogens with one attached hydrogen (secondary N) is 1. The predicted octanol–water partition coefficient (Wildman–Crippen LogP) is 3.14. The molecule has 0 radical (unpaired) electrons. The van der Waals surface area contributed by atoms with Gasteiger partial charge in [-0.05, 0) is 32.1 Å². The lowest BCUT2D eigenvalue weighted by Gasteiger charge is -2.41. The van der Waals surface area contributed by atoms with Crippen LogP contribution in [-0.4, -0.2) is 62.9 Å². The highest BCUT2D eigenvalue weighted by atomic mass is 35.5. The summed E-state index contributed by atoms with van der Waals surface area (Å²) in [6.07, 6.45) is 6.16. The summed E-state index contributed by atoms with van der Waals surface area (Å²) in [5, 5.41) is 13.3. The van der Waals surface area contributed by atoms with E-state index in [9.17, 15) is 22.3 Å². The number of anilines is 1. The molecule has 9 nitrogen and oxygen atoms in total. The number of fused-ring (bicyclic) bond motifs is 1. The van der Waals surface area contributed by atoms with Gasteiger partial charge in [-0.3, -0.25) is 4.21 Å². The maximum atomic E-state index is 14.6. The predicted molar refractivity (Wildman–Crippen MR) is 123 cm³/mol. The maximum absolute atomic E-state index is 14.6. The Morgan fingerprint density at radius 3 is 2.50 bits per heavy atom. The van der Waals surface area contributed by atoms with Gasteiger partial charge in [-0.25, -0.2) is 19.2 Å². The van der Waals surface area contributed by atoms with Crippen LogP contribution in [0.15, 0.2) is 21.7 Å². The molecule has 0 spiro atoms. The van der Waals surface area contributed by atoms with Crippen LogP contribution in [0.25, 0.3) is 0 Å². The van der Waals surface area contributed by atoms with E-state index < -0.39 is 43.4 Å². The van der Waals surface area contributed by atoms with Crippen LogP contribution in [0.3, 0.4) is 0 Å². The first-order chi connectivity index (χ1) is 16.1. The minimum atomic E-state index is -3.41. The van der Waals surface area contributed by atoms with Gasteiger partial charge in [0.25, 0.3) is 5.95 Å². The molecule has 3 aliphatic rings. The van der Waals surface area contributed by atoms with Gasteiger partial charge in [-0.1, -0.05) is 11.6 Å².